The normalized spacial score (nSPS) is 10.7. The number of benzene rings is 2. The minimum Gasteiger partial charge on any atom is -0.298 e. The van der Waals surface area contributed by atoms with E-state index < -0.39 is 0 Å². The molecule has 0 bridgehead atoms. The maximum Gasteiger partial charge on any atom is 0.258 e. The fourth-order valence-corrected chi connectivity index (χ4v) is 3.79. The van der Waals surface area contributed by atoms with Gasteiger partial charge in [0.2, 0.25) is 0 Å². The van der Waals surface area contributed by atoms with E-state index in [4.69, 9.17) is 11.6 Å². The molecule has 7 heteroatoms. The van der Waals surface area contributed by atoms with E-state index in [9.17, 15) is 4.79 Å². The number of hydrogen-bond acceptors (Lipinski definition) is 4. The maximum atomic E-state index is 12.4. The third-order valence-electron chi connectivity index (χ3n) is 4.05. The molecule has 27 heavy (non-hydrogen) atoms. The summed E-state index contributed by atoms with van der Waals surface area (Å²) in [5.41, 5.74) is 3.30. The van der Waals surface area contributed by atoms with Gasteiger partial charge >= 0.3 is 0 Å². The molecule has 0 saturated carbocycles. The van der Waals surface area contributed by atoms with Crippen LogP contribution in [-0.2, 0) is 7.05 Å². The number of nitrogens with zero attached hydrogens (tertiary/aromatic N) is 3. The number of anilines is 1. The summed E-state index contributed by atoms with van der Waals surface area (Å²) < 4.78 is 1.81. The molecule has 0 aliphatic rings. The molecule has 1 amide bonds. The van der Waals surface area contributed by atoms with Gasteiger partial charge in [-0.25, -0.2) is 4.98 Å². The van der Waals surface area contributed by atoms with Gasteiger partial charge in [-0.1, -0.05) is 65.4 Å². The van der Waals surface area contributed by atoms with Gasteiger partial charge in [0.05, 0.1) is 26.9 Å². The number of amides is 1. The molecule has 134 valence electrons. The lowest BCUT2D eigenvalue weighted by atomic mass is 10.1. The Kier molecular flexibility index (Phi) is 4.75. The number of halogens is 1. The maximum absolute atomic E-state index is 12.4. The van der Waals surface area contributed by atoms with E-state index in [2.05, 4.69) is 15.4 Å². The lowest BCUT2D eigenvalue weighted by Crippen LogP contribution is -2.11. The highest BCUT2D eigenvalue weighted by molar-refractivity contribution is 7.19. The number of aromatic nitrogens is 3. The van der Waals surface area contributed by atoms with E-state index in [0.29, 0.717) is 15.7 Å². The van der Waals surface area contributed by atoms with Crippen LogP contribution in [0.3, 0.4) is 0 Å². The zero-order chi connectivity index (χ0) is 18.8. The highest BCUT2D eigenvalue weighted by Crippen LogP contribution is 2.32. The number of hydrogen-bond donors (Lipinski definition) is 1. The molecule has 0 spiro atoms. The molecule has 5 nitrogen and oxygen atoms in total. The van der Waals surface area contributed by atoms with E-state index in [1.807, 2.05) is 48.1 Å². The molecule has 2 aromatic carbocycles. The second-order valence-corrected chi connectivity index (χ2v) is 7.31. The van der Waals surface area contributed by atoms with Crippen LogP contribution >= 0.6 is 22.9 Å². The quantitative estimate of drug-likeness (QED) is 0.522. The van der Waals surface area contributed by atoms with Crippen molar-refractivity contribution in [1.82, 2.24) is 14.8 Å². The third kappa shape index (κ3) is 3.63. The highest BCUT2D eigenvalue weighted by atomic mass is 35.5. The van der Waals surface area contributed by atoms with E-state index in [-0.39, 0.29) is 5.91 Å². The van der Waals surface area contributed by atoms with Crippen LogP contribution in [0.25, 0.3) is 21.8 Å². The fraction of sp³-hybridized carbons (Fsp3) is 0.0500. The molecule has 0 aliphatic carbocycles. The van der Waals surface area contributed by atoms with E-state index in [0.717, 1.165) is 21.8 Å². The lowest BCUT2D eigenvalue weighted by Gasteiger charge is -2.03. The van der Waals surface area contributed by atoms with Crippen LogP contribution in [0.2, 0.25) is 5.02 Å². The monoisotopic (exact) mass is 394 g/mol. The Balaban J connectivity index is 1.57. The molecule has 2 heterocycles. The number of aryl methyl sites for hydroxylation is 1. The molecule has 0 radical (unpaired) electrons. The van der Waals surface area contributed by atoms with E-state index in [1.54, 1.807) is 30.5 Å². The van der Waals surface area contributed by atoms with Crippen molar-refractivity contribution < 1.29 is 4.79 Å². The second kappa shape index (κ2) is 7.34. The molecule has 1 N–H and O–H groups in total. The van der Waals surface area contributed by atoms with E-state index in [1.165, 1.54) is 11.3 Å². The summed E-state index contributed by atoms with van der Waals surface area (Å²) >= 11 is 7.47. The number of carbonyl (C=O) groups excluding carboxylic acids is 1. The standard InChI is InChI=1S/C20H15ClN4OS/c1-25-17(11-16(24-25)13-7-3-2-4-8-13)18-12-22-20(27-18)23-19(26)14-9-5-6-10-15(14)21/h2-12H,1H3,(H,22,23,26). The van der Waals surface area contributed by atoms with Gasteiger partial charge in [-0.2, -0.15) is 5.10 Å². The Morgan fingerprint density at radius 1 is 1.11 bits per heavy atom. The van der Waals surface area contributed by atoms with Crippen molar-refractivity contribution in [3.05, 3.63) is 77.4 Å². The lowest BCUT2D eigenvalue weighted by molar-refractivity contribution is 0.102. The molecule has 0 fully saturated rings. The van der Waals surface area contributed by atoms with Crippen molar-refractivity contribution in [3.8, 4) is 21.8 Å². The van der Waals surface area contributed by atoms with Crippen molar-refractivity contribution in [3.63, 3.8) is 0 Å². The van der Waals surface area contributed by atoms with Crippen molar-refractivity contribution in [2.24, 2.45) is 7.05 Å². The summed E-state index contributed by atoms with van der Waals surface area (Å²) in [4.78, 5) is 17.6. The first kappa shape index (κ1) is 17.5. The van der Waals surface area contributed by atoms with Gasteiger partial charge in [0.15, 0.2) is 5.13 Å². The van der Waals surface area contributed by atoms with Gasteiger partial charge in [0.1, 0.15) is 0 Å². The number of thiazole rings is 1. The van der Waals surface area contributed by atoms with Gasteiger partial charge in [0, 0.05) is 18.8 Å². The van der Waals surface area contributed by atoms with Crippen molar-refractivity contribution in [1.29, 1.82) is 0 Å². The molecule has 0 aliphatic heterocycles. The highest BCUT2D eigenvalue weighted by Gasteiger charge is 2.15. The molecule has 4 rings (SSSR count). The topological polar surface area (TPSA) is 59.8 Å². The second-order valence-electron chi connectivity index (χ2n) is 5.87. The zero-order valence-corrected chi connectivity index (χ0v) is 16.0. The van der Waals surface area contributed by atoms with Gasteiger partial charge in [-0.15, -0.1) is 0 Å². The molecular formula is C20H15ClN4OS. The van der Waals surface area contributed by atoms with Crippen molar-refractivity contribution >= 4 is 34.0 Å². The summed E-state index contributed by atoms with van der Waals surface area (Å²) in [6, 6.07) is 18.9. The van der Waals surface area contributed by atoms with Crippen LogP contribution in [0.15, 0.2) is 66.9 Å². The van der Waals surface area contributed by atoms with Crippen LogP contribution in [-0.4, -0.2) is 20.7 Å². The van der Waals surface area contributed by atoms with Crippen LogP contribution in [0.4, 0.5) is 5.13 Å². The minimum atomic E-state index is -0.281. The Morgan fingerprint density at radius 3 is 2.63 bits per heavy atom. The van der Waals surface area contributed by atoms with Crippen LogP contribution < -0.4 is 5.32 Å². The molecule has 2 aromatic heterocycles. The van der Waals surface area contributed by atoms with Crippen molar-refractivity contribution in [2.45, 2.75) is 0 Å². The summed E-state index contributed by atoms with van der Waals surface area (Å²) in [7, 11) is 1.89. The molecule has 0 atom stereocenters. The largest absolute Gasteiger partial charge is 0.298 e. The summed E-state index contributed by atoms with van der Waals surface area (Å²) in [5.74, 6) is -0.281. The third-order valence-corrected chi connectivity index (χ3v) is 5.31. The molecule has 4 aromatic rings. The van der Waals surface area contributed by atoms with Gasteiger partial charge < -0.3 is 0 Å². The first-order valence-corrected chi connectivity index (χ1v) is 9.43. The van der Waals surface area contributed by atoms with Gasteiger partial charge in [-0.05, 0) is 18.2 Å². The van der Waals surface area contributed by atoms with E-state index >= 15 is 0 Å². The number of rotatable bonds is 4. The minimum absolute atomic E-state index is 0.281. The SMILES string of the molecule is Cn1nc(-c2ccccc2)cc1-c1cnc(NC(=O)c2ccccc2Cl)s1. The summed E-state index contributed by atoms with van der Waals surface area (Å²) in [6.07, 6.45) is 1.73. The predicted molar refractivity (Wildman–Crippen MR) is 109 cm³/mol. The Morgan fingerprint density at radius 2 is 1.85 bits per heavy atom. The predicted octanol–water partition coefficient (Wildman–Crippen LogP) is 5.12. The average Bonchev–Trinajstić information content (AvgIpc) is 3.29. The zero-order valence-electron chi connectivity index (χ0n) is 14.4. The summed E-state index contributed by atoms with van der Waals surface area (Å²) in [6.45, 7) is 0. The summed E-state index contributed by atoms with van der Waals surface area (Å²) in [5, 5.41) is 8.30. The fourth-order valence-electron chi connectivity index (χ4n) is 2.71. The molecular weight excluding hydrogens is 380 g/mol. The Labute approximate surface area is 165 Å². The van der Waals surface area contributed by atoms with Crippen molar-refractivity contribution in [2.75, 3.05) is 5.32 Å². The van der Waals surface area contributed by atoms with Gasteiger partial charge in [-0.3, -0.25) is 14.8 Å². The first-order valence-electron chi connectivity index (χ1n) is 8.23. The molecule has 0 saturated heterocycles. The van der Waals surface area contributed by atoms with Crippen LogP contribution in [0.5, 0.6) is 0 Å². The Hall–Kier alpha value is -2.96. The smallest absolute Gasteiger partial charge is 0.258 e. The average molecular weight is 395 g/mol. The molecule has 0 unspecified atom stereocenters. The number of nitrogens with one attached hydrogen (secondary N) is 1. The van der Waals surface area contributed by atoms with Crippen LogP contribution in [0.1, 0.15) is 10.4 Å². The number of carbonyl (C=O) groups is 1. The van der Waals surface area contributed by atoms with Gasteiger partial charge in [0.25, 0.3) is 5.91 Å². The first-order chi connectivity index (χ1) is 13.1. The van der Waals surface area contributed by atoms with Crippen LogP contribution in [0, 0.1) is 0 Å². The Bertz CT molecular complexity index is 1100.